The molecule has 2 aromatic rings. The third-order valence-electron chi connectivity index (χ3n) is 1.93. The molecule has 0 unspecified atom stereocenters. The van der Waals surface area contributed by atoms with Crippen molar-refractivity contribution in [3.8, 4) is 5.75 Å². The van der Waals surface area contributed by atoms with Gasteiger partial charge in [0.05, 0.1) is 0 Å². The van der Waals surface area contributed by atoms with Gasteiger partial charge in [0, 0.05) is 17.8 Å². The summed E-state index contributed by atoms with van der Waals surface area (Å²) in [5.74, 6) is -0.831. The van der Waals surface area contributed by atoms with E-state index in [0.717, 1.165) is 5.39 Å². The number of halogens is 1. The Balaban J connectivity index is 2.68. The summed E-state index contributed by atoms with van der Waals surface area (Å²) in [4.78, 5) is 14.4. The van der Waals surface area contributed by atoms with Gasteiger partial charge in [-0.3, -0.25) is 4.98 Å². The first-order valence-corrected chi connectivity index (χ1v) is 4.18. The highest BCUT2D eigenvalue weighted by molar-refractivity contribution is 5.89. The summed E-state index contributed by atoms with van der Waals surface area (Å²) in [5.41, 5.74) is 4.84. The molecule has 0 saturated heterocycles. The molecule has 0 aliphatic rings. The van der Waals surface area contributed by atoms with Crippen molar-refractivity contribution in [1.82, 2.24) is 4.98 Å². The third-order valence-corrected chi connectivity index (χ3v) is 1.93. The number of hydrogen-bond acceptors (Lipinski definition) is 3. The quantitative estimate of drug-likeness (QED) is 0.774. The molecule has 0 atom stereocenters. The van der Waals surface area contributed by atoms with Gasteiger partial charge in [-0.25, -0.2) is 9.18 Å². The van der Waals surface area contributed by atoms with Crippen molar-refractivity contribution in [2.24, 2.45) is 5.73 Å². The van der Waals surface area contributed by atoms with Gasteiger partial charge in [-0.05, 0) is 17.5 Å². The lowest BCUT2D eigenvalue weighted by Gasteiger charge is -2.05. The molecule has 2 N–H and O–H groups in total. The fraction of sp³-hybridized carbons (Fsp3) is 0. The minimum atomic E-state index is -1.05. The van der Waals surface area contributed by atoms with Gasteiger partial charge >= 0.3 is 6.09 Å². The van der Waals surface area contributed by atoms with Crippen LogP contribution in [-0.2, 0) is 0 Å². The molecule has 0 fully saturated rings. The standard InChI is InChI=1S/C10H7FN2O2/c11-8-2-1-6-3-4-13-5-7(6)9(8)15-10(12)14/h1-5H,(H2,12,14). The molecule has 1 heterocycles. The van der Waals surface area contributed by atoms with Crippen LogP contribution in [0, 0.1) is 5.82 Å². The molecule has 0 radical (unpaired) electrons. The number of carbonyl (C=O) groups is 1. The summed E-state index contributed by atoms with van der Waals surface area (Å²) in [6, 6.07) is 4.46. The summed E-state index contributed by atoms with van der Waals surface area (Å²) in [5, 5.41) is 1.14. The molecule has 1 aromatic carbocycles. The molecule has 5 heteroatoms. The van der Waals surface area contributed by atoms with E-state index in [1.807, 2.05) is 0 Å². The van der Waals surface area contributed by atoms with Crippen LogP contribution in [0.3, 0.4) is 0 Å². The number of pyridine rings is 1. The van der Waals surface area contributed by atoms with Crippen molar-refractivity contribution in [2.45, 2.75) is 0 Å². The lowest BCUT2D eigenvalue weighted by atomic mass is 10.1. The number of benzene rings is 1. The zero-order valence-corrected chi connectivity index (χ0v) is 7.61. The van der Waals surface area contributed by atoms with Gasteiger partial charge in [-0.2, -0.15) is 0 Å². The van der Waals surface area contributed by atoms with Crippen LogP contribution in [0.1, 0.15) is 0 Å². The largest absolute Gasteiger partial charge is 0.410 e. The Bertz CT molecular complexity index is 528. The third kappa shape index (κ3) is 1.71. The maximum absolute atomic E-state index is 13.3. The van der Waals surface area contributed by atoms with Crippen LogP contribution in [0.15, 0.2) is 30.6 Å². The molecule has 0 spiro atoms. The van der Waals surface area contributed by atoms with E-state index < -0.39 is 11.9 Å². The zero-order chi connectivity index (χ0) is 10.8. The summed E-state index contributed by atoms with van der Waals surface area (Å²) < 4.78 is 17.9. The van der Waals surface area contributed by atoms with Crippen molar-refractivity contribution in [3.05, 3.63) is 36.4 Å². The van der Waals surface area contributed by atoms with Crippen LogP contribution in [0.2, 0.25) is 0 Å². The number of nitrogens with two attached hydrogens (primary N) is 1. The van der Waals surface area contributed by atoms with Crippen LogP contribution in [-0.4, -0.2) is 11.1 Å². The number of nitrogens with zero attached hydrogens (tertiary/aromatic N) is 1. The number of carbonyl (C=O) groups excluding carboxylic acids is 1. The van der Waals surface area contributed by atoms with E-state index in [-0.39, 0.29) is 5.75 Å². The van der Waals surface area contributed by atoms with E-state index in [1.165, 1.54) is 12.3 Å². The van der Waals surface area contributed by atoms with Crippen LogP contribution in [0.25, 0.3) is 10.8 Å². The molecule has 15 heavy (non-hydrogen) atoms. The van der Waals surface area contributed by atoms with Crippen molar-refractivity contribution in [1.29, 1.82) is 0 Å². The van der Waals surface area contributed by atoms with E-state index in [0.29, 0.717) is 5.39 Å². The molecule has 1 amide bonds. The molecular weight excluding hydrogens is 199 g/mol. The fourth-order valence-corrected chi connectivity index (χ4v) is 1.31. The second-order valence-electron chi connectivity index (χ2n) is 2.89. The molecule has 2 rings (SSSR count). The average molecular weight is 206 g/mol. The SMILES string of the molecule is NC(=O)Oc1c(F)ccc2ccncc12. The van der Waals surface area contributed by atoms with E-state index in [1.54, 1.807) is 18.3 Å². The lowest BCUT2D eigenvalue weighted by molar-refractivity contribution is 0.209. The molecular formula is C10H7FN2O2. The van der Waals surface area contributed by atoms with Gasteiger partial charge in [0.25, 0.3) is 0 Å². The normalized spacial score (nSPS) is 10.2. The van der Waals surface area contributed by atoms with E-state index >= 15 is 0 Å². The summed E-state index contributed by atoms with van der Waals surface area (Å²) in [6.07, 6.45) is 1.93. The fourth-order valence-electron chi connectivity index (χ4n) is 1.31. The van der Waals surface area contributed by atoms with Gasteiger partial charge in [0.1, 0.15) is 0 Å². The topological polar surface area (TPSA) is 65.2 Å². The smallest absolute Gasteiger partial charge is 0.407 e. The Morgan fingerprint density at radius 1 is 1.40 bits per heavy atom. The minimum Gasteiger partial charge on any atom is -0.407 e. The predicted octanol–water partition coefficient (Wildman–Crippen LogP) is 1.83. The number of primary amides is 1. The van der Waals surface area contributed by atoms with Crippen LogP contribution in [0.5, 0.6) is 5.75 Å². The van der Waals surface area contributed by atoms with E-state index in [2.05, 4.69) is 9.72 Å². The minimum absolute atomic E-state index is 0.187. The van der Waals surface area contributed by atoms with Crippen LogP contribution < -0.4 is 10.5 Å². The van der Waals surface area contributed by atoms with E-state index in [4.69, 9.17) is 5.73 Å². The van der Waals surface area contributed by atoms with Gasteiger partial charge in [0.2, 0.25) is 0 Å². The van der Waals surface area contributed by atoms with Crippen LogP contribution >= 0.6 is 0 Å². The number of amides is 1. The lowest BCUT2D eigenvalue weighted by Crippen LogP contribution is -2.17. The maximum atomic E-state index is 13.3. The zero-order valence-electron chi connectivity index (χ0n) is 7.61. The molecule has 1 aromatic heterocycles. The summed E-state index contributed by atoms with van der Waals surface area (Å²) in [6.45, 7) is 0. The Morgan fingerprint density at radius 2 is 2.20 bits per heavy atom. The molecule has 4 nitrogen and oxygen atoms in total. The molecule has 0 bridgehead atoms. The van der Waals surface area contributed by atoms with Crippen molar-refractivity contribution >= 4 is 16.9 Å². The highest BCUT2D eigenvalue weighted by atomic mass is 19.1. The number of ether oxygens (including phenoxy) is 1. The average Bonchev–Trinajstić information content (AvgIpc) is 2.22. The van der Waals surface area contributed by atoms with Crippen molar-refractivity contribution in [2.75, 3.05) is 0 Å². The molecule has 0 aliphatic heterocycles. The first kappa shape index (κ1) is 9.39. The Labute approximate surface area is 84.5 Å². The number of rotatable bonds is 1. The molecule has 76 valence electrons. The summed E-state index contributed by atoms with van der Waals surface area (Å²) >= 11 is 0. The Kier molecular flexibility index (Phi) is 2.21. The first-order valence-electron chi connectivity index (χ1n) is 4.18. The van der Waals surface area contributed by atoms with Crippen molar-refractivity contribution in [3.63, 3.8) is 0 Å². The van der Waals surface area contributed by atoms with E-state index in [9.17, 15) is 9.18 Å². The Morgan fingerprint density at radius 3 is 2.93 bits per heavy atom. The van der Waals surface area contributed by atoms with Crippen LogP contribution in [0.4, 0.5) is 9.18 Å². The second kappa shape index (κ2) is 3.53. The Hall–Kier alpha value is -2.17. The van der Waals surface area contributed by atoms with Gasteiger partial charge in [-0.1, -0.05) is 6.07 Å². The predicted molar refractivity (Wildman–Crippen MR) is 51.9 cm³/mol. The maximum Gasteiger partial charge on any atom is 0.410 e. The van der Waals surface area contributed by atoms with Crippen molar-refractivity contribution < 1.29 is 13.9 Å². The first-order chi connectivity index (χ1) is 7.18. The summed E-state index contributed by atoms with van der Waals surface area (Å²) in [7, 11) is 0. The number of hydrogen-bond donors (Lipinski definition) is 1. The van der Waals surface area contributed by atoms with Gasteiger partial charge in [0.15, 0.2) is 11.6 Å². The highest BCUT2D eigenvalue weighted by Gasteiger charge is 2.11. The number of aromatic nitrogens is 1. The van der Waals surface area contributed by atoms with Gasteiger partial charge < -0.3 is 10.5 Å². The van der Waals surface area contributed by atoms with Gasteiger partial charge in [-0.15, -0.1) is 0 Å². The number of fused-ring (bicyclic) bond motifs is 1. The monoisotopic (exact) mass is 206 g/mol. The molecule has 0 aliphatic carbocycles. The highest BCUT2D eigenvalue weighted by Crippen LogP contribution is 2.27. The molecule has 0 saturated carbocycles. The second-order valence-corrected chi connectivity index (χ2v) is 2.89.